The summed E-state index contributed by atoms with van der Waals surface area (Å²) in [5, 5.41) is 0.422. The summed E-state index contributed by atoms with van der Waals surface area (Å²) in [7, 11) is 0. The number of hydrogen-bond acceptors (Lipinski definition) is 4. The Morgan fingerprint density at radius 3 is 2.45 bits per heavy atom. The van der Waals surface area contributed by atoms with Crippen molar-refractivity contribution in [2.75, 3.05) is 48.9 Å². The van der Waals surface area contributed by atoms with Crippen LogP contribution in [0.4, 0.5) is 5.69 Å². The number of anilines is 1. The van der Waals surface area contributed by atoms with E-state index < -0.39 is 0 Å². The van der Waals surface area contributed by atoms with E-state index in [1.165, 1.54) is 15.5 Å². The molecule has 0 aliphatic carbocycles. The van der Waals surface area contributed by atoms with E-state index in [-0.39, 0.29) is 5.91 Å². The zero-order valence-electron chi connectivity index (χ0n) is 11.8. The predicted molar refractivity (Wildman–Crippen MR) is 92.6 cm³/mol. The summed E-state index contributed by atoms with van der Waals surface area (Å²) in [6.45, 7) is 3.43. The van der Waals surface area contributed by atoms with Crippen molar-refractivity contribution < 1.29 is 4.79 Å². The Labute approximate surface area is 137 Å². The van der Waals surface area contributed by atoms with E-state index in [9.17, 15) is 4.79 Å². The summed E-state index contributed by atoms with van der Waals surface area (Å²) in [5.41, 5.74) is 1.29. The Balaban J connectivity index is 2.08. The van der Waals surface area contributed by atoms with Gasteiger partial charge in [0.1, 0.15) is 0 Å². The zero-order valence-corrected chi connectivity index (χ0v) is 15.0. The maximum absolute atomic E-state index is 11.7. The quantitative estimate of drug-likeness (QED) is 0.596. The molecule has 2 rings (SSSR count). The lowest BCUT2D eigenvalue weighted by atomic mass is 10.2. The molecule has 0 saturated carbocycles. The van der Waals surface area contributed by atoms with Crippen molar-refractivity contribution in [3.05, 3.63) is 18.2 Å². The zero-order chi connectivity index (χ0) is 14.5. The fourth-order valence-corrected chi connectivity index (χ4v) is 3.85. The number of carbonyl (C=O) groups is 1. The van der Waals surface area contributed by atoms with Crippen LogP contribution < -0.4 is 4.90 Å². The molecule has 6 heteroatoms. The van der Waals surface area contributed by atoms with Crippen molar-refractivity contribution in [3.63, 3.8) is 0 Å². The third-order valence-corrected chi connectivity index (χ3v) is 5.45. The van der Waals surface area contributed by atoms with Crippen molar-refractivity contribution in [1.82, 2.24) is 4.90 Å². The summed E-state index contributed by atoms with van der Waals surface area (Å²) < 4.78 is 0. The largest absolute Gasteiger partial charge is 0.367 e. The molecule has 0 aromatic heterocycles. The molecule has 0 N–H and O–H groups in total. The topological polar surface area (TPSA) is 23.6 Å². The van der Waals surface area contributed by atoms with Crippen molar-refractivity contribution in [2.24, 2.45) is 0 Å². The molecule has 3 nitrogen and oxygen atoms in total. The van der Waals surface area contributed by atoms with Gasteiger partial charge in [0.05, 0.1) is 11.0 Å². The molecule has 1 heterocycles. The van der Waals surface area contributed by atoms with Gasteiger partial charge in [0.15, 0.2) is 0 Å². The van der Waals surface area contributed by atoms with E-state index in [0.717, 1.165) is 26.2 Å². The van der Waals surface area contributed by atoms with Crippen LogP contribution >= 0.6 is 39.5 Å². The molecule has 0 atom stereocenters. The van der Waals surface area contributed by atoms with Crippen LogP contribution in [0.15, 0.2) is 28.0 Å². The number of benzene rings is 1. The molecule has 110 valence electrons. The second kappa shape index (κ2) is 7.61. The lowest BCUT2D eigenvalue weighted by Crippen LogP contribution is -2.49. The summed E-state index contributed by atoms with van der Waals surface area (Å²) in [5.74, 6) is 0.187. The van der Waals surface area contributed by atoms with Crippen molar-refractivity contribution in [1.29, 1.82) is 0 Å². The molecular weight excluding hydrogens is 356 g/mol. The number of amides is 1. The van der Waals surface area contributed by atoms with Crippen molar-refractivity contribution in [2.45, 2.75) is 9.79 Å². The minimum Gasteiger partial charge on any atom is -0.367 e. The normalized spacial score (nSPS) is 15.6. The van der Waals surface area contributed by atoms with Gasteiger partial charge in [0.2, 0.25) is 5.91 Å². The molecule has 1 aliphatic heterocycles. The highest BCUT2D eigenvalue weighted by Crippen LogP contribution is 2.32. The fraction of sp³-hybridized carbons (Fsp3) is 0.500. The number of rotatable bonds is 4. The Bertz CT molecular complexity index is 476. The highest BCUT2D eigenvalue weighted by atomic mass is 79.9. The summed E-state index contributed by atoms with van der Waals surface area (Å²) in [4.78, 5) is 18.6. The third-order valence-electron chi connectivity index (χ3n) is 3.47. The van der Waals surface area contributed by atoms with E-state index in [4.69, 9.17) is 0 Å². The molecule has 1 aliphatic rings. The van der Waals surface area contributed by atoms with Gasteiger partial charge in [0, 0.05) is 36.0 Å². The summed E-state index contributed by atoms with van der Waals surface area (Å²) >= 11 is 6.80. The molecule has 1 aromatic carbocycles. The van der Waals surface area contributed by atoms with E-state index in [0.29, 0.717) is 5.33 Å². The molecule has 1 aromatic rings. The SMILES string of the molecule is CSc1ccc(N2CCN(C(=O)CBr)CC2)c(SC)c1. The van der Waals surface area contributed by atoms with Crippen LogP contribution in [0.3, 0.4) is 0 Å². The van der Waals surface area contributed by atoms with Crippen LogP contribution in [0.25, 0.3) is 0 Å². The standard InChI is InChI=1S/C14H19BrN2OS2/c1-19-11-3-4-12(13(9-11)20-2)16-5-7-17(8-6-16)14(18)10-15/h3-4,9H,5-8,10H2,1-2H3. The number of alkyl halides is 1. The maximum atomic E-state index is 11.7. The number of hydrogen-bond donors (Lipinski definition) is 0. The molecule has 1 fully saturated rings. The molecule has 1 saturated heterocycles. The second-order valence-electron chi connectivity index (χ2n) is 4.54. The Morgan fingerprint density at radius 1 is 1.20 bits per heavy atom. The predicted octanol–water partition coefficient (Wildman–Crippen LogP) is 3.17. The van der Waals surface area contributed by atoms with Crippen molar-refractivity contribution >= 4 is 51.0 Å². The third kappa shape index (κ3) is 3.65. The van der Waals surface area contributed by atoms with Crippen LogP contribution in [0.5, 0.6) is 0 Å². The highest BCUT2D eigenvalue weighted by molar-refractivity contribution is 9.09. The highest BCUT2D eigenvalue weighted by Gasteiger charge is 2.21. The molecule has 1 amide bonds. The summed E-state index contributed by atoms with van der Waals surface area (Å²) in [6.07, 6.45) is 4.22. The van der Waals surface area contributed by atoms with Gasteiger partial charge < -0.3 is 9.80 Å². The first-order valence-corrected chi connectivity index (χ1v) is 10.1. The van der Waals surface area contributed by atoms with Gasteiger partial charge in [-0.05, 0) is 30.7 Å². The van der Waals surface area contributed by atoms with Gasteiger partial charge in [-0.25, -0.2) is 0 Å². The first-order valence-electron chi connectivity index (χ1n) is 6.50. The molecule has 0 spiro atoms. The second-order valence-corrected chi connectivity index (χ2v) is 6.83. The first-order chi connectivity index (χ1) is 9.69. The molecule has 0 unspecified atom stereocenters. The number of nitrogens with zero attached hydrogens (tertiary/aromatic N) is 2. The lowest BCUT2D eigenvalue weighted by molar-refractivity contribution is -0.128. The van der Waals surface area contributed by atoms with Gasteiger partial charge >= 0.3 is 0 Å². The average molecular weight is 375 g/mol. The number of carbonyl (C=O) groups excluding carboxylic acids is 1. The molecule has 20 heavy (non-hydrogen) atoms. The van der Waals surface area contributed by atoms with Crippen LogP contribution in [0, 0.1) is 0 Å². The van der Waals surface area contributed by atoms with Gasteiger partial charge in [-0.15, -0.1) is 23.5 Å². The van der Waals surface area contributed by atoms with E-state index in [1.807, 2.05) is 4.90 Å². The Hall–Kier alpha value is -0.330. The number of halogens is 1. The van der Waals surface area contributed by atoms with Gasteiger partial charge in [0.25, 0.3) is 0 Å². The first kappa shape index (κ1) is 16.0. The fourth-order valence-electron chi connectivity index (χ4n) is 2.33. The minimum atomic E-state index is 0.187. The average Bonchev–Trinajstić information content (AvgIpc) is 2.53. The molecule has 0 bridgehead atoms. The van der Waals surface area contributed by atoms with Crippen LogP contribution in [-0.4, -0.2) is 54.8 Å². The number of thioether (sulfide) groups is 2. The van der Waals surface area contributed by atoms with E-state index in [1.54, 1.807) is 23.5 Å². The van der Waals surface area contributed by atoms with E-state index in [2.05, 4.69) is 51.5 Å². The molecular formula is C14H19BrN2OS2. The van der Waals surface area contributed by atoms with Gasteiger partial charge in [-0.2, -0.15) is 0 Å². The molecule has 0 radical (unpaired) electrons. The van der Waals surface area contributed by atoms with Gasteiger partial charge in [-0.3, -0.25) is 4.79 Å². The number of piperazine rings is 1. The van der Waals surface area contributed by atoms with Crippen LogP contribution in [0.1, 0.15) is 0 Å². The van der Waals surface area contributed by atoms with Gasteiger partial charge in [-0.1, -0.05) is 15.9 Å². The van der Waals surface area contributed by atoms with Crippen molar-refractivity contribution in [3.8, 4) is 0 Å². The van der Waals surface area contributed by atoms with Crippen LogP contribution in [0.2, 0.25) is 0 Å². The Kier molecular flexibility index (Phi) is 6.11. The lowest BCUT2D eigenvalue weighted by Gasteiger charge is -2.36. The minimum absolute atomic E-state index is 0.187. The van der Waals surface area contributed by atoms with Crippen LogP contribution in [-0.2, 0) is 4.79 Å². The Morgan fingerprint density at radius 2 is 1.90 bits per heavy atom. The monoisotopic (exact) mass is 374 g/mol. The smallest absolute Gasteiger partial charge is 0.233 e. The maximum Gasteiger partial charge on any atom is 0.233 e. The van der Waals surface area contributed by atoms with E-state index >= 15 is 0 Å². The summed E-state index contributed by atoms with van der Waals surface area (Å²) in [6, 6.07) is 6.63.